The molecular formula is C15H23N3. The summed E-state index contributed by atoms with van der Waals surface area (Å²) in [5.74, 6) is 5.81. The Hall–Kier alpha value is -0.990. The zero-order valence-corrected chi connectivity index (χ0v) is 11.2. The minimum absolute atomic E-state index is 0.800. The minimum atomic E-state index is 0.800. The van der Waals surface area contributed by atoms with Gasteiger partial charge in [0.1, 0.15) is 5.82 Å². The van der Waals surface area contributed by atoms with E-state index in [1.807, 2.05) is 11.7 Å². The molecule has 0 radical (unpaired) electrons. The third-order valence-electron chi connectivity index (χ3n) is 5.83. The number of aromatic nitrogens is 2. The van der Waals surface area contributed by atoms with Crippen molar-refractivity contribution in [3.63, 3.8) is 0 Å². The van der Waals surface area contributed by atoms with Crippen LogP contribution in [-0.2, 0) is 13.5 Å². The molecule has 0 aliphatic heterocycles. The fourth-order valence-corrected chi connectivity index (χ4v) is 5.26. The lowest BCUT2D eigenvalue weighted by molar-refractivity contribution is -0.0363. The van der Waals surface area contributed by atoms with Gasteiger partial charge in [0.05, 0.1) is 5.69 Å². The van der Waals surface area contributed by atoms with E-state index in [0.717, 1.165) is 35.4 Å². The number of rotatable bonds is 2. The number of anilines is 1. The number of nitrogens with two attached hydrogens (primary N) is 1. The van der Waals surface area contributed by atoms with Crippen LogP contribution in [0.5, 0.6) is 0 Å². The van der Waals surface area contributed by atoms with Gasteiger partial charge in [-0.25, -0.2) is 0 Å². The van der Waals surface area contributed by atoms with Crippen LogP contribution >= 0.6 is 0 Å². The van der Waals surface area contributed by atoms with E-state index in [4.69, 9.17) is 5.73 Å². The highest BCUT2D eigenvalue weighted by Gasteiger charge is 2.47. The molecule has 3 nitrogen and oxygen atoms in total. The molecule has 4 aliphatic carbocycles. The Kier molecular flexibility index (Phi) is 2.27. The molecule has 18 heavy (non-hydrogen) atoms. The van der Waals surface area contributed by atoms with Gasteiger partial charge in [-0.2, -0.15) is 5.10 Å². The Bertz CT molecular complexity index is 415. The first kappa shape index (κ1) is 10.9. The van der Waals surface area contributed by atoms with Crippen LogP contribution in [0.3, 0.4) is 0 Å². The highest BCUT2D eigenvalue weighted by Crippen LogP contribution is 2.57. The second-order valence-electron chi connectivity index (χ2n) is 6.98. The number of aryl methyl sites for hydroxylation is 1. The number of hydrogen-bond donors (Lipinski definition) is 1. The molecular weight excluding hydrogens is 222 g/mol. The quantitative estimate of drug-likeness (QED) is 0.870. The summed E-state index contributed by atoms with van der Waals surface area (Å²) in [6, 6.07) is 2.07. The van der Waals surface area contributed by atoms with E-state index in [2.05, 4.69) is 11.2 Å². The van der Waals surface area contributed by atoms with Gasteiger partial charge >= 0.3 is 0 Å². The summed E-state index contributed by atoms with van der Waals surface area (Å²) in [6.07, 6.45) is 8.70. The smallest absolute Gasteiger partial charge is 0.121 e. The van der Waals surface area contributed by atoms with Gasteiger partial charge in [-0.15, -0.1) is 0 Å². The molecule has 0 aromatic carbocycles. The van der Waals surface area contributed by atoms with Gasteiger partial charge in [0, 0.05) is 13.1 Å². The zero-order valence-electron chi connectivity index (χ0n) is 11.2. The fraction of sp³-hybridized carbons (Fsp3) is 0.800. The number of hydrogen-bond acceptors (Lipinski definition) is 2. The Morgan fingerprint density at radius 2 is 1.78 bits per heavy atom. The van der Waals surface area contributed by atoms with Crippen LogP contribution < -0.4 is 5.73 Å². The summed E-state index contributed by atoms with van der Waals surface area (Å²) in [4.78, 5) is 0. The summed E-state index contributed by atoms with van der Waals surface area (Å²) in [7, 11) is 1.94. The lowest BCUT2D eigenvalue weighted by Gasteiger charge is -2.54. The lowest BCUT2D eigenvalue weighted by atomic mass is 9.51. The molecule has 0 spiro atoms. The molecule has 0 saturated heterocycles. The minimum Gasteiger partial charge on any atom is -0.384 e. The maximum absolute atomic E-state index is 5.89. The molecule has 1 aromatic rings. The van der Waals surface area contributed by atoms with Crippen molar-refractivity contribution in [3.05, 3.63) is 11.8 Å². The van der Waals surface area contributed by atoms with Gasteiger partial charge < -0.3 is 5.73 Å². The molecule has 0 atom stereocenters. The molecule has 4 bridgehead atoms. The van der Waals surface area contributed by atoms with E-state index in [0.29, 0.717) is 0 Å². The van der Waals surface area contributed by atoms with E-state index in [-0.39, 0.29) is 0 Å². The van der Waals surface area contributed by atoms with Crippen molar-refractivity contribution in [1.82, 2.24) is 9.78 Å². The molecule has 0 unspecified atom stereocenters. The Balaban J connectivity index is 1.55. The van der Waals surface area contributed by atoms with E-state index >= 15 is 0 Å². The van der Waals surface area contributed by atoms with Crippen molar-refractivity contribution in [2.75, 3.05) is 5.73 Å². The summed E-state index contributed by atoms with van der Waals surface area (Å²) in [6.45, 7) is 0. The molecule has 4 saturated carbocycles. The van der Waals surface area contributed by atoms with Crippen molar-refractivity contribution in [2.24, 2.45) is 36.6 Å². The molecule has 3 heteroatoms. The Labute approximate surface area is 109 Å². The summed E-state index contributed by atoms with van der Waals surface area (Å²) in [5.41, 5.74) is 7.11. The van der Waals surface area contributed by atoms with E-state index in [9.17, 15) is 0 Å². The van der Waals surface area contributed by atoms with Gasteiger partial charge in [-0.05, 0) is 68.1 Å². The number of nitrogens with zero attached hydrogens (tertiary/aromatic N) is 2. The standard InChI is InChI=1S/C15H23N3/c1-18-15(16)8-13(17-18)7-14-11-3-9-2-10(5-11)6-12(14)4-9/h8-12,14H,2-7,16H2,1H3. The topological polar surface area (TPSA) is 43.8 Å². The number of nitrogen functional groups attached to an aromatic ring is 1. The van der Waals surface area contributed by atoms with Crippen LogP contribution in [0.4, 0.5) is 5.82 Å². The Morgan fingerprint density at radius 3 is 2.28 bits per heavy atom. The molecule has 1 heterocycles. The first-order valence-corrected chi connectivity index (χ1v) is 7.47. The van der Waals surface area contributed by atoms with Crippen LogP contribution in [0.15, 0.2) is 6.07 Å². The third kappa shape index (κ3) is 1.59. The second-order valence-corrected chi connectivity index (χ2v) is 6.98. The summed E-state index contributed by atoms with van der Waals surface area (Å²) < 4.78 is 1.81. The SMILES string of the molecule is Cn1nc(CC2C3CC4CC(C3)CC2C4)cc1N. The van der Waals surface area contributed by atoms with Gasteiger partial charge in [-0.1, -0.05) is 0 Å². The van der Waals surface area contributed by atoms with E-state index < -0.39 is 0 Å². The molecule has 4 fully saturated rings. The van der Waals surface area contributed by atoms with Gasteiger partial charge in [0.25, 0.3) is 0 Å². The molecule has 0 amide bonds. The highest BCUT2D eigenvalue weighted by atomic mass is 15.3. The van der Waals surface area contributed by atoms with Crippen LogP contribution in [0, 0.1) is 29.6 Å². The van der Waals surface area contributed by atoms with Crippen LogP contribution in [0.2, 0.25) is 0 Å². The third-order valence-corrected chi connectivity index (χ3v) is 5.83. The van der Waals surface area contributed by atoms with Crippen molar-refractivity contribution < 1.29 is 0 Å². The van der Waals surface area contributed by atoms with Crippen molar-refractivity contribution >= 4 is 5.82 Å². The monoisotopic (exact) mass is 245 g/mol. The highest BCUT2D eigenvalue weighted by molar-refractivity contribution is 5.30. The normalized spacial score (nSPS) is 41.5. The van der Waals surface area contributed by atoms with Gasteiger partial charge in [0.15, 0.2) is 0 Å². The maximum Gasteiger partial charge on any atom is 0.121 e. The Morgan fingerprint density at radius 1 is 1.17 bits per heavy atom. The predicted octanol–water partition coefficient (Wildman–Crippen LogP) is 2.62. The molecule has 5 rings (SSSR count). The van der Waals surface area contributed by atoms with Crippen LogP contribution in [0.1, 0.15) is 37.8 Å². The van der Waals surface area contributed by atoms with E-state index in [1.54, 1.807) is 0 Å². The molecule has 1 aromatic heterocycles. The van der Waals surface area contributed by atoms with Crippen LogP contribution in [0.25, 0.3) is 0 Å². The average molecular weight is 245 g/mol. The maximum atomic E-state index is 5.89. The van der Waals surface area contributed by atoms with Crippen molar-refractivity contribution in [3.8, 4) is 0 Å². The van der Waals surface area contributed by atoms with Gasteiger partial charge in [0.2, 0.25) is 0 Å². The molecule has 2 N–H and O–H groups in total. The fourth-order valence-electron chi connectivity index (χ4n) is 5.26. The second kappa shape index (κ2) is 3.75. The zero-order chi connectivity index (χ0) is 12.3. The van der Waals surface area contributed by atoms with E-state index in [1.165, 1.54) is 44.2 Å². The van der Waals surface area contributed by atoms with Gasteiger partial charge in [-0.3, -0.25) is 4.68 Å². The average Bonchev–Trinajstić information content (AvgIpc) is 2.62. The summed E-state index contributed by atoms with van der Waals surface area (Å²) in [5, 5.41) is 4.55. The predicted molar refractivity (Wildman–Crippen MR) is 71.9 cm³/mol. The van der Waals surface area contributed by atoms with Crippen molar-refractivity contribution in [1.29, 1.82) is 0 Å². The summed E-state index contributed by atoms with van der Waals surface area (Å²) >= 11 is 0. The molecule has 98 valence electrons. The first-order valence-electron chi connectivity index (χ1n) is 7.47. The lowest BCUT2D eigenvalue weighted by Crippen LogP contribution is -2.45. The largest absolute Gasteiger partial charge is 0.384 e. The van der Waals surface area contributed by atoms with Crippen LogP contribution in [-0.4, -0.2) is 9.78 Å². The molecule has 4 aliphatic rings. The van der Waals surface area contributed by atoms with Crippen molar-refractivity contribution in [2.45, 2.75) is 38.5 Å². The first-order chi connectivity index (χ1) is 8.69.